The second-order valence-electron chi connectivity index (χ2n) is 7.16. The summed E-state index contributed by atoms with van der Waals surface area (Å²) < 4.78 is 39.7. The smallest absolute Gasteiger partial charge is 0.238 e. The third-order valence-electron chi connectivity index (χ3n) is 4.67. The van der Waals surface area contributed by atoms with E-state index in [-0.39, 0.29) is 10.8 Å². The molecule has 2 N–H and O–H groups in total. The Morgan fingerprint density at radius 3 is 1.81 bits per heavy atom. The molecular formula is C24H27NO5S. The first-order valence-corrected chi connectivity index (χ1v) is 11.6. The minimum atomic E-state index is -3.69. The Labute approximate surface area is 183 Å². The van der Waals surface area contributed by atoms with Gasteiger partial charge in [-0.25, -0.2) is 13.6 Å². The maximum absolute atomic E-state index is 11.2. The van der Waals surface area contributed by atoms with Crippen molar-refractivity contribution in [1.82, 2.24) is 0 Å². The van der Waals surface area contributed by atoms with Gasteiger partial charge in [0.25, 0.3) is 0 Å². The highest BCUT2D eigenvalue weighted by atomic mass is 32.2. The van der Waals surface area contributed by atoms with Crippen LogP contribution in [0, 0.1) is 0 Å². The molecule has 0 saturated carbocycles. The van der Waals surface area contributed by atoms with Crippen molar-refractivity contribution in [2.75, 3.05) is 19.8 Å². The second kappa shape index (κ2) is 10.8. The Hall–Kier alpha value is -3.03. The zero-order valence-electron chi connectivity index (χ0n) is 17.4. The van der Waals surface area contributed by atoms with Crippen LogP contribution in [0.5, 0.6) is 17.2 Å². The van der Waals surface area contributed by atoms with E-state index >= 15 is 0 Å². The van der Waals surface area contributed by atoms with E-state index in [1.807, 2.05) is 42.5 Å². The highest BCUT2D eigenvalue weighted by Gasteiger charge is 2.08. The average molecular weight is 442 g/mol. The number of para-hydroxylation sites is 1. The fourth-order valence-corrected chi connectivity index (χ4v) is 3.41. The molecule has 0 radical (unpaired) electrons. The molecule has 0 fully saturated rings. The van der Waals surface area contributed by atoms with Crippen LogP contribution in [0.2, 0.25) is 0 Å². The summed E-state index contributed by atoms with van der Waals surface area (Å²) in [6.45, 7) is 3.72. The molecule has 0 aliphatic carbocycles. The molecular weight excluding hydrogens is 414 g/mol. The average Bonchev–Trinajstić information content (AvgIpc) is 2.78. The predicted octanol–water partition coefficient (Wildman–Crippen LogP) is 4.36. The molecule has 1 unspecified atom stereocenters. The van der Waals surface area contributed by atoms with Crippen LogP contribution in [0.3, 0.4) is 0 Å². The van der Waals surface area contributed by atoms with E-state index in [1.54, 1.807) is 12.1 Å². The molecule has 1 atom stereocenters. The van der Waals surface area contributed by atoms with E-state index in [9.17, 15) is 8.42 Å². The number of benzene rings is 3. The monoisotopic (exact) mass is 441 g/mol. The van der Waals surface area contributed by atoms with Crippen LogP contribution in [0.15, 0.2) is 83.8 Å². The molecule has 3 aromatic rings. The van der Waals surface area contributed by atoms with Crippen LogP contribution < -0.4 is 19.3 Å². The summed E-state index contributed by atoms with van der Waals surface area (Å²) in [5.41, 5.74) is 1.19. The lowest BCUT2D eigenvalue weighted by Crippen LogP contribution is -2.12. The van der Waals surface area contributed by atoms with E-state index in [4.69, 9.17) is 19.3 Å². The summed E-state index contributed by atoms with van der Waals surface area (Å²) >= 11 is 0. The van der Waals surface area contributed by atoms with Gasteiger partial charge in [-0.05, 0) is 54.1 Å². The van der Waals surface area contributed by atoms with Crippen LogP contribution in [0.4, 0.5) is 0 Å². The SMILES string of the molecule is CC(COc1ccccc1)c1ccc(OCCCOc2ccc(S(N)(=O)=O)cc2)cc1. The molecule has 3 aromatic carbocycles. The molecule has 0 spiro atoms. The zero-order valence-corrected chi connectivity index (χ0v) is 18.3. The fraction of sp³-hybridized carbons (Fsp3) is 0.250. The number of hydrogen-bond donors (Lipinski definition) is 1. The van der Waals surface area contributed by atoms with Crippen LogP contribution in [-0.4, -0.2) is 28.2 Å². The van der Waals surface area contributed by atoms with Crippen LogP contribution in [0.1, 0.15) is 24.8 Å². The highest BCUT2D eigenvalue weighted by Crippen LogP contribution is 2.21. The summed E-state index contributed by atoms with van der Waals surface area (Å²) in [6.07, 6.45) is 0.694. The molecule has 164 valence electrons. The van der Waals surface area contributed by atoms with Crippen molar-refractivity contribution in [1.29, 1.82) is 0 Å². The first kappa shape index (κ1) is 22.7. The lowest BCUT2D eigenvalue weighted by atomic mass is 10.0. The van der Waals surface area contributed by atoms with Crippen molar-refractivity contribution in [3.05, 3.63) is 84.4 Å². The number of nitrogens with two attached hydrogens (primary N) is 1. The molecule has 7 heteroatoms. The summed E-state index contributed by atoms with van der Waals surface area (Å²) in [4.78, 5) is 0.0626. The van der Waals surface area contributed by atoms with Crippen molar-refractivity contribution in [2.24, 2.45) is 5.14 Å². The molecule has 0 bridgehead atoms. The second-order valence-corrected chi connectivity index (χ2v) is 8.72. The van der Waals surface area contributed by atoms with Gasteiger partial charge in [0.05, 0.1) is 24.7 Å². The Morgan fingerprint density at radius 2 is 1.26 bits per heavy atom. The van der Waals surface area contributed by atoms with Gasteiger partial charge in [-0.1, -0.05) is 37.3 Å². The van der Waals surface area contributed by atoms with Crippen molar-refractivity contribution in [2.45, 2.75) is 24.2 Å². The van der Waals surface area contributed by atoms with Gasteiger partial charge in [-0.3, -0.25) is 0 Å². The minimum Gasteiger partial charge on any atom is -0.493 e. The third-order valence-corrected chi connectivity index (χ3v) is 5.60. The largest absolute Gasteiger partial charge is 0.493 e. The van der Waals surface area contributed by atoms with E-state index in [0.717, 1.165) is 11.5 Å². The molecule has 0 heterocycles. The lowest BCUT2D eigenvalue weighted by molar-refractivity contribution is 0.247. The number of sulfonamides is 1. The summed E-state index contributed by atoms with van der Waals surface area (Å²) in [5, 5.41) is 5.08. The Morgan fingerprint density at radius 1 is 0.742 bits per heavy atom. The van der Waals surface area contributed by atoms with Gasteiger partial charge in [0.1, 0.15) is 17.2 Å². The lowest BCUT2D eigenvalue weighted by Gasteiger charge is -2.14. The minimum absolute atomic E-state index is 0.0626. The highest BCUT2D eigenvalue weighted by molar-refractivity contribution is 7.89. The van der Waals surface area contributed by atoms with E-state index in [2.05, 4.69) is 19.1 Å². The summed E-state index contributed by atoms with van der Waals surface area (Å²) in [6, 6.07) is 23.8. The topological polar surface area (TPSA) is 87.8 Å². The maximum atomic E-state index is 11.2. The molecule has 0 saturated heterocycles. The van der Waals surface area contributed by atoms with Gasteiger partial charge in [0.2, 0.25) is 10.0 Å². The molecule has 0 aliphatic rings. The molecule has 0 amide bonds. The van der Waals surface area contributed by atoms with Gasteiger partial charge < -0.3 is 14.2 Å². The van der Waals surface area contributed by atoms with Gasteiger partial charge >= 0.3 is 0 Å². The molecule has 31 heavy (non-hydrogen) atoms. The quantitative estimate of drug-likeness (QED) is 0.447. The number of ether oxygens (including phenoxy) is 3. The third kappa shape index (κ3) is 7.31. The Balaban J connectivity index is 1.36. The fourth-order valence-electron chi connectivity index (χ4n) is 2.89. The number of primary sulfonamides is 1. The van der Waals surface area contributed by atoms with Crippen molar-refractivity contribution in [3.8, 4) is 17.2 Å². The van der Waals surface area contributed by atoms with Crippen LogP contribution >= 0.6 is 0 Å². The molecule has 6 nitrogen and oxygen atoms in total. The van der Waals surface area contributed by atoms with E-state index in [1.165, 1.54) is 17.7 Å². The Kier molecular flexibility index (Phi) is 7.92. The number of hydrogen-bond acceptors (Lipinski definition) is 5. The molecule has 3 rings (SSSR count). The zero-order chi connectivity index (χ0) is 22.1. The number of rotatable bonds is 11. The van der Waals surface area contributed by atoms with Crippen LogP contribution in [-0.2, 0) is 10.0 Å². The van der Waals surface area contributed by atoms with Crippen LogP contribution in [0.25, 0.3) is 0 Å². The first-order valence-electron chi connectivity index (χ1n) is 10.1. The van der Waals surface area contributed by atoms with Gasteiger partial charge in [-0.15, -0.1) is 0 Å². The summed E-state index contributed by atoms with van der Waals surface area (Å²) in [7, 11) is -3.69. The maximum Gasteiger partial charge on any atom is 0.238 e. The van der Waals surface area contributed by atoms with E-state index < -0.39 is 10.0 Å². The van der Waals surface area contributed by atoms with Crippen molar-refractivity contribution >= 4 is 10.0 Å². The van der Waals surface area contributed by atoms with Gasteiger partial charge in [0.15, 0.2) is 0 Å². The van der Waals surface area contributed by atoms with E-state index in [0.29, 0.717) is 32.0 Å². The van der Waals surface area contributed by atoms with Gasteiger partial charge in [-0.2, -0.15) is 0 Å². The van der Waals surface area contributed by atoms with Crippen molar-refractivity contribution < 1.29 is 22.6 Å². The molecule has 0 aromatic heterocycles. The normalized spacial score (nSPS) is 12.2. The Bertz CT molecular complexity index is 1040. The molecule has 0 aliphatic heterocycles. The predicted molar refractivity (Wildman–Crippen MR) is 120 cm³/mol. The first-order chi connectivity index (χ1) is 14.9. The summed E-state index contributed by atoms with van der Waals surface area (Å²) in [5.74, 6) is 2.53. The van der Waals surface area contributed by atoms with Crippen molar-refractivity contribution in [3.63, 3.8) is 0 Å². The van der Waals surface area contributed by atoms with Gasteiger partial charge in [0, 0.05) is 12.3 Å². The standard InChI is InChI=1S/C24H27NO5S/c1-19(18-30-21-6-3-2-4-7-21)20-8-10-22(11-9-20)28-16-5-17-29-23-12-14-24(15-13-23)31(25,26)27/h2-4,6-15,19H,5,16-18H2,1H3,(H2,25,26,27).